The van der Waals surface area contributed by atoms with Crippen LogP contribution < -0.4 is 5.32 Å². The smallest absolute Gasteiger partial charge is 0.241 e. The fraction of sp³-hybridized carbons (Fsp3) is 0.462. The van der Waals surface area contributed by atoms with Crippen molar-refractivity contribution >= 4 is 23.2 Å². The minimum Gasteiger partial charge on any atom is -0.395 e. The van der Waals surface area contributed by atoms with Gasteiger partial charge in [0.05, 0.1) is 18.3 Å². The van der Waals surface area contributed by atoms with Crippen LogP contribution in [0.25, 0.3) is 0 Å². The van der Waals surface area contributed by atoms with Crippen LogP contribution in [-0.2, 0) is 4.79 Å². The average molecular weight is 289 g/mol. The van der Waals surface area contributed by atoms with Crippen molar-refractivity contribution in [2.24, 2.45) is 0 Å². The first-order chi connectivity index (χ1) is 8.99. The summed E-state index contributed by atoms with van der Waals surface area (Å²) in [5.74, 6) is -0.869. The van der Waals surface area contributed by atoms with Crippen molar-refractivity contribution in [3.05, 3.63) is 29.0 Å². The zero-order chi connectivity index (χ0) is 14.4. The lowest BCUT2D eigenvalue weighted by Gasteiger charge is -2.26. The predicted molar refractivity (Wildman–Crippen MR) is 73.8 cm³/mol. The number of nitrogens with zero attached hydrogens (tertiary/aromatic N) is 1. The molecule has 1 rings (SSSR count). The Morgan fingerprint density at radius 2 is 2.26 bits per heavy atom. The Kier molecular flexibility index (Phi) is 6.21. The molecular weight excluding hydrogens is 271 g/mol. The highest BCUT2D eigenvalue weighted by molar-refractivity contribution is 6.30. The first kappa shape index (κ1) is 15.9. The predicted octanol–water partition coefficient (Wildman–Crippen LogP) is 2.12. The van der Waals surface area contributed by atoms with Gasteiger partial charge in [-0.3, -0.25) is 9.69 Å². The first-order valence-electron chi connectivity index (χ1n) is 6.10. The molecule has 6 heteroatoms. The molecule has 0 saturated heterocycles. The molecule has 1 amide bonds. The van der Waals surface area contributed by atoms with E-state index >= 15 is 0 Å². The molecule has 0 aliphatic carbocycles. The maximum atomic E-state index is 13.5. The molecule has 2 N–H and O–H groups in total. The van der Waals surface area contributed by atoms with Gasteiger partial charge in [0.1, 0.15) is 5.82 Å². The number of carbonyl (C=O) groups is 1. The number of aliphatic hydroxyl groups is 1. The molecule has 0 radical (unpaired) electrons. The number of benzene rings is 1. The van der Waals surface area contributed by atoms with Crippen molar-refractivity contribution in [1.29, 1.82) is 0 Å². The van der Waals surface area contributed by atoms with Gasteiger partial charge in [0.15, 0.2) is 0 Å². The normalized spacial score (nSPS) is 12.5. The van der Waals surface area contributed by atoms with Crippen molar-refractivity contribution in [3.8, 4) is 0 Å². The van der Waals surface area contributed by atoms with E-state index in [2.05, 4.69) is 5.32 Å². The van der Waals surface area contributed by atoms with Gasteiger partial charge < -0.3 is 10.4 Å². The van der Waals surface area contributed by atoms with E-state index in [0.717, 1.165) is 0 Å². The van der Waals surface area contributed by atoms with Gasteiger partial charge in [-0.25, -0.2) is 4.39 Å². The Labute approximate surface area is 117 Å². The third-order valence-electron chi connectivity index (χ3n) is 2.91. The maximum absolute atomic E-state index is 13.5. The zero-order valence-corrected chi connectivity index (χ0v) is 11.7. The molecule has 0 aliphatic rings. The highest BCUT2D eigenvalue weighted by atomic mass is 35.5. The number of nitrogens with one attached hydrogen (secondary N) is 1. The molecule has 0 fully saturated rings. The first-order valence-corrected chi connectivity index (χ1v) is 6.48. The topological polar surface area (TPSA) is 52.6 Å². The maximum Gasteiger partial charge on any atom is 0.241 e. The third-order valence-corrected chi connectivity index (χ3v) is 3.14. The van der Waals surface area contributed by atoms with Crippen molar-refractivity contribution in [1.82, 2.24) is 4.90 Å². The van der Waals surface area contributed by atoms with Gasteiger partial charge in [-0.1, -0.05) is 18.5 Å². The van der Waals surface area contributed by atoms with Gasteiger partial charge in [-0.2, -0.15) is 0 Å². The van der Waals surface area contributed by atoms with Crippen LogP contribution in [0.2, 0.25) is 5.02 Å². The lowest BCUT2D eigenvalue weighted by molar-refractivity contribution is -0.120. The second kappa shape index (κ2) is 7.43. The van der Waals surface area contributed by atoms with Gasteiger partial charge in [0.2, 0.25) is 5.91 Å². The summed E-state index contributed by atoms with van der Waals surface area (Å²) in [6.07, 6.45) is 0. The molecule has 1 aromatic carbocycles. The molecule has 0 spiro atoms. The minimum atomic E-state index is -0.532. The van der Waals surface area contributed by atoms with E-state index in [9.17, 15) is 9.18 Å². The average Bonchev–Trinajstić information content (AvgIpc) is 2.39. The molecule has 0 heterocycles. The molecule has 0 bridgehead atoms. The number of hydrogen-bond acceptors (Lipinski definition) is 3. The third kappa shape index (κ3) is 4.45. The van der Waals surface area contributed by atoms with Gasteiger partial charge in [0.25, 0.3) is 0 Å². The van der Waals surface area contributed by atoms with Crippen LogP contribution in [0.3, 0.4) is 0 Å². The molecule has 1 unspecified atom stereocenters. The van der Waals surface area contributed by atoms with Crippen LogP contribution in [0.1, 0.15) is 13.8 Å². The number of anilines is 1. The molecule has 19 heavy (non-hydrogen) atoms. The van der Waals surface area contributed by atoms with E-state index < -0.39 is 11.9 Å². The summed E-state index contributed by atoms with van der Waals surface area (Å²) in [4.78, 5) is 13.8. The van der Waals surface area contributed by atoms with Crippen LogP contribution in [0.5, 0.6) is 0 Å². The van der Waals surface area contributed by atoms with E-state index in [0.29, 0.717) is 18.1 Å². The summed E-state index contributed by atoms with van der Waals surface area (Å²) in [5, 5.41) is 11.8. The van der Waals surface area contributed by atoms with Crippen LogP contribution in [-0.4, -0.2) is 41.7 Å². The Balaban J connectivity index is 2.75. The van der Waals surface area contributed by atoms with Crippen molar-refractivity contribution in [2.75, 3.05) is 25.0 Å². The molecule has 0 saturated carbocycles. The van der Waals surface area contributed by atoms with E-state index in [-0.39, 0.29) is 18.2 Å². The molecule has 1 atom stereocenters. The lowest BCUT2D eigenvalue weighted by Crippen LogP contribution is -2.43. The van der Waals surface area contributed by atoms with Gasteiger partial charge in [0, 0.05) is 11.6 Å². The Hall–Kier alpha value is -1.17. The molecule has 106 valence electrons. The number of carbonyl (C=O) groups excluding carboxylic acids is 1. The summed E-state index contributed by atoms with van der Waals surface area (Å²) in [7, 11) is 0. The van der Waals surface area contributed by atoms with Crippen molar-refractivity contribution < 1.29 is 14.3 Å². The second-order valence-corrected chi connectivity index (χ2v) is 4.58. The summed E-state index contributed by atoms with van der Waals surface area (Å²) in [6.45, 7) is 4.57. The second-order valence-electron chi connectivity index (χ2n) is 4.14. The molecule has 0 aromatic heterocycles. The van der Waals surface area contributed by atoms with Crippen LogP contribution >= 0.6 is 11.6 Å². The number of aliphatic hydroxyl groups excluding tert-OH is 1. The quantitative estimate of drug-likeness (QED) is 0.843. The van der Waals surface area contributed by atoms with Crippen LogP contribution in [0.15, 0.2) is 18.2 Å². The van der Waals surface area contributed by atoms with Crippen LogP contribution in [0.4, 0.5) is 10.1 Å². The monoisotopic (exact) mass is 288 g/mol. The molecule has 1 aromatic rings. The summed E-state index contributed by atoms with van der Waals surface area (Å²) in [5.41, 5.74) is 0.0596. The molecular formula is C13H18ClFN2O2. The SMILES string of the molecule is CCN(CCO)C(C)C(=O)Nc1cc(Cl)ccc1F. The summed E-state index contributed by atoms with van der Waals surface area (Å²) >= 11 is 5.76. The zero-order valence-electron chi connectivity index (χ0n) is 11.0. The standard InChI is InChI=1S/C13H18ClFN2O2/c1-3-17(6-7-18)9(2)13(19)16-12-8-10(14)4-5-11(12)15/h4-5,8-9,18H,3,6-7H2,1-2H3,(H,16,19). The van der Waals surface area contributed by atoms with E-state index in [1.807, 2.05) is 6.92 Å². The number of amides is 1. The fourth-order valence-electron chi connectivity index (χ4n) is 1.75. The van der Waals surface area contributed by atoms with Crippen molar-refractivity contribution in [3.63, 3.8) is 0 Å². The number of halogens is 2. The minimum absolute atomic E-state index is 0.0308. The lowest BCUT2D eigenvalue weighted by atomic mass is 10.2. The highest BCUT2D eigenvalue weighted by Gasteiger charge is 2.20. The number of likely N-dealkylation sites (N-methyl/N-ethyl adjacent to an activating group) is 1. The fourth-order valence-corrected chi connectivity index (χ4v) is 1.92. The highest BCUT2D eigenvalue weighted by Crippen LogP contribution is 2.20. The summed E-state index contributed by atoms with van der Waals surface area (Å²) in [6, 6.07) is 3.52. The Morgan fingerprint density at radius 1 is 1.58 bits per heavy atom. The van der Waals surface area contributed by atoms with Gasteiger partial charge in [-0.05, 0) is 31.7 Å². The van der Waals surface area contributed by atoms with E-state index in [1.54, 1.807) is 11.8 Å². The Morgan fingerprint density at radius 3 is 2.84 bits per heavy atom. The van der Waals surface area contributed by atoms with Gasteiger partial charge in [-0.15, -0.1) is 0 Å². The van der Waals surface area contributed by atoms with Crippen molar-refractivity contribution in [2.45, 2.75) is 19.9 Å². The van der Waals surface area contributed by atoms with E-state index in [4.69, 9.17) is 16.7 Å². The van der Waals surface area contributed by atoms with E-state index in [1.165, 1.54) is 18.2 Å². The molecule has 0 aliphatic heterocycles. The van der Waals surface area contributed by atoms with Gasteiger partial charge >= 0.3 is 0 Å². The summed E-state index contributed by atoms with van der Waals surface area (Å²) < 4.78 is 13.5. The number of rotatable bonds is 6. The largest absolute Gasteiger partial charge is 0.395 e. The Bertz CT molecular complexity index is 443. The number of hydrogen-bond donors (Lipinski definition) is 2. The molecule has 4 nitrogen and oxygen atoms in total. The van der Waals surface area contributed by atoms with Crippen LogP contribution in [0, 0.1) is 5.82 Å².